The molecular formula is C58H80N4O5. The van der Waals surface area contributed by atoms with Gasteiger partial charge in [0.2, 0.25) is 0 Å². The van der Waals surface area contributed by atoms with Crippen molar-refractivity contribution >= 4 is 57.0 Å². The van der Waals surface area contributed by atoms with Gasteiger partial charge in [-0.25, -0.2) is 4.98 Å². The first-order chi connectivity index (χ1) is 32.0. The number of methoxy groups -OCH3 is 1. The molecule has 362 valence electrons. The van der Waals surface area contributed by atoms with Crippen LogP contribution in [0.5, 0.6) is 0 Å². The fraction of sp³-hybridized carbons (Fsp3) is 0.569. The zero-order valence-electron chi connectivity index (χ0n) is 42.8. The summed E-state index contributed by atoms with van der Waals surface area (Å²) in [6.45, 7) is 26.6. The largest absolute Gasteiger partial charge is 0.469 e. The van der Waals surface area contributed by atoms with E-state index in [1.54, 1.807) is 0 Å². The number of H-pyrrole nitrogens is 2. The molecule has 8 bridgehead atoms. The number of rotatable bonds is 22. The molecule has 9 nitrogen and oxygen atoms in total. The standard InChI is InChI=1S/C58H80N4O5/c1-13-43-38(8)46-31-48-40(10)45(25-18-26-53(64)67-28-27-37(7)24-17-23-36(6)22-16-21-35(5)20-15-19-34(3)4)57(61-48)56-42(30-54(65)66-12)29-52(63)55-41(11)49(62-58(55)56)33-51-44(14-2)39(9)47(60-51)32-50(43)59-46/h13,27,31-36,40,42,45,59,62H,1,14-26,28-30H2,2-12H3/b37-27+,46-31?,47-32?,48-31?,49-33?,50-32?,51-33?,57-56?/t35-,36-,40?,42?,45+/m1/s1. The fourth-order valence-electron chi connectivity index (χ4n) is 10.9. The maximum Gasteiger partial charge on any atom is 0.306 e. The van der Waals surface area contributed by atoms with Crippen molar-refractivity contribution in [1.29, 1.82) is 0 Å². The van der Waals surface area contributed by atoms with Crippen LogP contribution in [0.1, 0.15) is 225 Å². The number of hydrogen-bond acceptors (Lipinski definition) is 7. The number of nitrogens with zero attached hydrogens (tertiary/aromatic N) is 2. The summed E-state index contributed by atoms with van der Waals surface area (Å²) >= 11 is 0. The van der Waals surface area contributed by atoms with Gasteiger partial charge in [-0.2, -0.15) is 0 Å². The quantitative estimate of drug-likeness (QED) is 0.0759. The lowest BCUT2D eigenvalue weighted by molar-refractivity contribution is -0.143. The highest BCUT2D eigenvalue weighted by molar-refractivity contribution is 6.09. The molecule has 6 rings (SSSR count). The highest BCUT2D eigenvalue weighted by Gasteiger charge is 2.38. The van der Waals surface area contributed by atoms with E-state index in [-0.39, 0.29) is 55.4 Å². The average Bonchev–Trinajstić information content (AvgIpc) is 3.96. The van der Waals surface area contributed by atoms with E-state index in [9.17, 15) is 14.4 Å². The van der Waals surface area contributed by atoms with Gasteiger partial charge < -0.3 is 19.4 Å². The number of aromatic amines is 2. The van der Waals surface area contributed by atoms with Crippen molar-refractivity contribution in [2.45, 2.75) is 183 Å². The molecule has 0 radical (unpaired) electrons. The molecule has 9 heteroatoms. The van der Waals surface area contributed by atoms with E-state index in [1.807, 2.05) is 13.0 Å². The van der Waals surface area contributed by atoms with Crippen molar-refractivity contribution in [3.8, 4) is 0 Å². The van der Waals surface area contributed by atoms with Crippen molar-refractivity contribution in [1.82, 2.24) is 19.9 Å². The normalized spacial score (nSPS) is 18.1. The summed E-state index contributed by atoms with van der Waals surface area (Å²) in [4.78, 5) is 58.4. The molecule has 3 aromatic heterocycles. The van der Waals surface area contributed by atoms with Crippen LogP contribution >= 0.6 is 0 Å². The number of carbonyl (C=O) groups excluding carboxylic acids is 3. The van der Waals surface area contributed by atoms with Crippen LogP contribution in [0.2, 0.25) is 0 Å². The fourth-order valence-corrected chi connectivity index (χ4v) is 10.9. The van der Waals surface area contributed by atoms with Gasteiger partial charge in [0.1, 0.15) is 6.61 Å². The minimum Gasteiger partial charge on any atom is -0.469 e. The number of ether oxygens (including phenoxy) is 2. The molecule has 5 atom stereocenters. The van der Waals surface area contributed by atoms with E-state index < -0.39 is 5.92 Å². The van der Waals surface area contributed by atoms with Crippen molar-refractivity contribution in [2.24, 2.45) is 17.8 Å². The number of Topliss-reactive ketones (excluding diaryl/α,β-unsaturated/α-hetero) is 1. The van der Waals surface area contributed by atoms with Crippen LogP contribution in [0, 0.1) is 31.6 Å². The number of nitrogens with one attached hydrogen (secondary N) is 2. The summed E-state index contributed by atoms with van der Waals surface area (Å²) in [6.07, 6.45) is 17.9. The third-order valence-electron chi connectivity index (χ3n) is 15.1. The Morgan fingerprint density at radius 1 is 0.851 bits per heavy atom. The monoisotopic (exact) mass is 913 g/mol. The Balaban J connectivity index is 1.23. The van der Waals surface area contributed by atoms with Crippen molar-refractivity contribution in [3.05, 3.63) is 87.0 Å². The Bertz CT molecular complexity index is 2530. The van der Waals surface area contributed by atoms with Crippen LogP contribution in [0.3, 0.4) is 0 Å². The van der Waals surface area contributed by atoms with E-state index in [2.05, 4.69) is 103 Å². The van der Waals surface area contributed by atoms with Gasteiger partial charge in [0.15, 0.2) is 5.78 Å². The van der Waals surface area contributed by atoms with Crippen LogP contribution in [-0.4, -0.2) is 51.4 Å². The second kappa shape index (κ2) is 23.3. The van der Waals surface area contributed by atoms with E-state index >= 15 is 0 Å². The summed E-state index contributed by atoms with van der Waals surface area (Å²) in [5.41, 5.74) is 14.9. The number of esters is 2. The average molecular weight is 913 g/mol. The first-order valence-electron chi connectivity index (χ1n) is 25.6. The molecule has 0 aromatic carbocycles. The molecule has 5 heterocycles. The van der Waals surface area contributed by atoms with Crippen molar-refractivity contribution in [3.63, 3.8) is 0 Å². The molecule has 67 heavy (non-hydrogen) atoms. The third-order valence-corrected chi connectivity index (χ3v) is 15.1. The maximum absolute atomic E-state index is 14.1. The Morgan fingerprint density at radius 3 is 2.19 bits per heavy atom. The van der Waals surface area contributed by atoms with Crippen LogP contribution in [0.25, 0.3) is 39.3 Å². The molecule has 3 aliphatic rings. The minimum atomic E-state index is -0.441. The van der Waals surface area contributed by atoms with Crippen LogP contribution < -0.4 is 0 Å². The number of allylic oxidation sites excluding steroid dienone is 3. The maximum atomic E-state index is 14.1. The molecule has 2 unspecified atom stereocenters. The van der Waals surface area contributed by atoms with Crippen molar-refractivity contribution in [2.75, 3.05) is 13.7 Å². The summed E-state index contributed by atoms with van der Waals surface area (Å²) in [5.74, 6) is 1.22. The molecule has 2 N–H and O–H groups in total. The molecule has 0 saturated heterocycles. The highest BCUT2D eigenvalue weighted by atomic mass is 16.5. The van der Waals surface area contributed by atoms with Gasteiger partial charge in [0, 0.05) is 69.5 Å². The van der Waals surface area contributed by atoms with Gasteiger partial charge in [-0.3, -0.25) is 19.4 Å². The molecule has 0 spiro atoms. The number of hydrogen-bond donors (Lipinski definition) is 2. The number of ketones is 1. The number of fused-ring (bicyclic) bond motifs is 8. The first-order valence-corrected chi connectivity index (χ1v) is 25.6. The summed E-state index contributed by atoms with van der Waals surface area (Å²) in [5, 5.41) is 0. The Morgan fingerprint density at radius 2 is 1.52 bits per heavy atom. The Kier molecular flexibility index (Phi) is 17.9. The van der Waals surface area contributed by atoms with Gasteiger partial charge in [0.05, 0.1) is 36.1 Å². The summed E-state index contributed by atoms with van der Waals surface area (Å²) < 4.78 is 11.0. The van der Waals surface area contributed by atoms with Gasteiger partial charge in [0.25, 0.3) is 0 Å². The third kappa shape index (κ3) is 12.4. The van der Waals surface area contributed by atoms with Crippen molar-refractivity contribution < 1.29 is 23.9 Å². The lowest BCUT2D eigenvalue weighted by Gasteiger charge is -2.25. The molecule has 1 aliphatic carbocycles. The smallest absolute Gasteiger partial charge is 0.306 e. The lowest BCUT2D eigenvalue weighted by Crippen LogP contribution is -2.20. The molecule has 0 fully saturated rings. The van der Waals surface area contributed by atoms with Crippen LogP contribution in [-0.2, 0) is 19.1 Å². The molecule has 2 aliphatic heterocycles. The number of carbonyl (C=O) groups is 3. The second-order valence-corrected chi connectivity index (χ2v) is 20.7. The second-order valence-electron chi connectivity index (χ2n) is 20.7. The molecular weight excluding hydrogens is 833 g/mol. The Labute approximate surface area is 401 Å². The minimum absolute atomic E-state index is 0.00893. The summed E-state index contributed by atoms with van der Waals surface area (Å²) in [7, 11) is 1.39. The van der Waals surface area contributed by atoms with E-state index in [1.165, 1.54) is 57.6 Å². The molecule has 0 saturated carbocycles. The molecule has 0 amide bonds. The number of aromatic nitrogens is 4. The lowest BCUT2D eigenvalue weighted by atomic mass is 9.77. The zero-order valence-corrected chi connectivity index (χ0v) is 42.8. The predicted octanol–water partition coefficient (Wildman–Crippen LogP) is 15.1. The topological polar surface area (TPSA) is 127 Å². The van der Waals surface area contributed by atoms with Crippen LogP contribution in [0.15, 0.2) is 36.4 Å². The van der Waals surface area contributed by atoms with E-state index in [0.717, 1.165) is 110 Å². The summed E-state index contributed by atoms with van der Waals surface area (Å²) in [6, 6.07) is 6.30. The van der Waals surface area contributed by atoms with Gasteiger partial charge in [-0.15, -0.1) is 0 Å². The van der Waals surface area contributed by atoms with Gasteiger partial charge >= 0.3 is 11.9 Å². The van der Waals surface area contributed by atoms with E-state index in [4.69, 9.17) is 19.4 Å². The highest BCUT2D eigenvalue weighted by Crippen LogP contribution is 2.48. The zero-order chi connectivity index (χ0) is 48.5. The number of aryl methyl sites for hydroxylation is 2. The molecule has 3 aromatic rings. The predicted molar refractivity (Wildman–Crippen MR) is 276 cm³/mol. The Hall–Kier alpha value is -5.05. The van der Waals surface area contributed by atoms with Crippen LogP contribution in [0.4, 0.5) is 0 Å². The first kappa shape index (κ1) is 51.3. The van der Waals surface area contributed by atoms with E-state index in [0.29, 0.717) is 23.9 Å². The SMILES string of the molecule is C=Cc1c(C)c2cc3nc(c4c5[nH]c(cc6nc(cc1[nH]2)C(C)=C6CC)c(C)c5C(=O)CC4CC(=O)OC)[C@@H](CCCC(=O)OC/C=C(\C)CCC[C@H](C)CCC[C@H](C)CCCC(C)C)C3C. The van der Waals surface area contributed by atoms with Gasteiger partial charge in [-0.05, 0) is 124 Å². The van der Waals surface area contributed by atoms with Gasteiger partial charge in [-0.1, -0.05) is 105 Å².